The third kappa shape index (κ3) is 5.91. The molecule has 0 spiro atoms. The molecule has 0 saturated heterocycles. The minimum Gasteiger partial charge on any atom is -0.208 e. The molecule has 0 fully saturated rings. The Morgan fingerprint density at radius 2 is 0.836 bits per heavy atom. The number of allylic oxidation sites excluding steroid dienone is 4. The number of benzene rings is 7. The van der Waals surface area contributed by atoms with Crippen LogP contribution in [-0.4, -0.2) is 15.0 Å². The minimum atomic E-state index is 0.336. The minimum absolute atomic E-state index is 0.336. The Morgan fingerprint density at radius 3 is 1.42 bits per heavy atom. The van der Waals surface area contributed by atoms with Gasteiger partial charge in [0.05, 0.1) is 0 Å². The lowest BCUT2D eigenvalue weighted by Crippen LogP contribution is -2.13. The first-order valence-electron chi connectivity index (χ1n) is 19.0. The highest BCUT2D eigenvalue weighted by molar-refractivity contribution is 6.01. The highest BCUT2D eigenvalue weighted by Gasteiger charge is 2.31. The SMILES string of the molecule is Cc1ccc2c(c1)-c1ccccc1C1=CC(c3ccccc3-c3ccccc3-c3ccccc3-c3nc(-c4ccccc4)nc(-c4ccccc4)n3)=CCC12. The molecule has 10 rings (SSSR count). The van der Waals surface area contributed by atoms with Crippen molar-refractivity contribution < 1.29 is 0 Å². The van der Waals surface area contributed by atoms with Crippen LogP contribution < -0.4 is 0 Å². The second kappa shape index (κ2) is 13.8. The van der Waals surface area contributed by atoms with Crippen LogP contribution in [0.3, 0.4) is 0 Å². The Labute approximate surface area is 322 Å². The van der Waals surface area contributed by atoms with Crippen molar-refractivity contribution in [2.45, 2.75) is 19.3 Å². The summed E-state index contributed by atoms with van der Waals surface area (Å²) >= 11 is 0. The van der Waals surface area contributed by atoms with Crippen LogP contribution >= 0.6 is 0 Å². The van der Waals surface area contributed by atoms with Crippen LogP contribution in [0.5, 0.6) is 0 Å². The monoisotopic (exact) mass is 703 g/mol. The predicted molar refractivity (Wildman–Crippen MR) is 227 cm³/mol. The zero-order chi connectivity index (χ0) is 36.7. The Kier molecular flexibility index (Phi) is 8.18. The highest BCUT2D eigenvalue weighted by atomic mass is 15.0. The van der Waals surface area contributed by atoms with Gasteiger partial charge in [0, 0.05) is 22.6 Å². The van der Waals surface area contributed by atoms with Crippen molar-refractivity contribution in [3.63, 3.8) is 0 Å². The van der Waals surface area contributed by atoms with E-state index in [1.54, 1.807) is 0 Å². The van der Waals surface area contributed by atoms with Crippen LogP contribution in [-0.2, 0) is 0 Å². The number of aryl methyl sites for hydroxylation is 1. The molecule has 0 aliphatic heterocycles. The van der Waals surface area contributed by atoms with Gasteiger partial charge in [0.25, 0.3) is 0 Å². The second-order valence-electron chi connectivity index (χ2n) is 14.4. The largest absolute Gasteiger partial charge is 0.208 e. The lowest BCUT2D eigenvalue weighted by Gasteiger charge is -2.33. The molecule has 1 heterocycles. The van der Waals surface area contributed by atoms with Crippen LogP contribution in [0.25, 0.3) is 78.7 Å². The van der Waals surface area contributed by atoms with Gasteiger partial charge in [0.2, 0.25) is 0 Å². The number of hydrogen-bond acceptors (Lipinski definition) is 3. The topological polar surface area (TPSA) is 38.7 Å². The van der Waals surface area contributed by atoms with Gasteiger partial charge in [-0.25, -0.2) is 15.0 Å². The van der Waals surface area contributed by atoms with Gasteiger partial charge in [-0.15, -0.1) is 0 Å². The molecule has 55 heavy (non-hydrogen) atoms. The molecule has 0 N–H and O–H groups in total. The van der Waals surface area contributed by atoms with Crippen molar-refractivity contribution in [2.24, 2.45) is 0 Å². The molecule has 1 aromatic heterocycles. The summed E-state index contributed by atoms with van der Waals surface area (Å²) < 4.78 is 0. The molecule has 3 nitrogen and oxygen atoms in total. The van der Waals surface area contributed by atoms with E-state index in [0.717, 1.165) is 39.8 Å². The van der Waals surface area contributed by atoms with E-state index in [9.17, 15) is 0 Å². The van der Waals surface area contributed by atoms with Crippen LogP contribution in [0.4, 0.5) is 0 Å². The Hall–Kier alpha value is -6.97. The van der Waals surface area contributed by atoms with Gasteiger partial charge < -0.3 is 0 Å². The lowest BCUT2D eigenvalue weighted by atomic mass is 9.70. The van der Waals surface area contributed by atoms with Crippen LogP contribution in [0.15, 0.2) is 188 Å². The van der Waals surface area contributed by atoms with E-state index in [0.29, 0.717) is 23.4 Å². The number of aromatic nitrogens is 3. The maximum atomic E-state index is 5.12. The number of rotatable bonds is 6. The van der Waals surface area contributed by atoms with Gasteiger partial charge in [-0.3, -0.25) is 0 Å². The smallest absolute Gasteiger partial charge is 0.164 e. The first kappa shape index (κ1) is 32.7. The molecular weight excluding hydrogens is 667 g/mol. The summed E-state index contributed by atoms with van der Waals surface area (Å²) in [5.41, 5.74) is 18.0. The van der Waals surface area contributed by atoms with E-state index in [1.807, 2.05) is 36.4 Å². The molecule has 7 aromatic carbocycles. The van der Waals surface area contributed by atoms with Crippen molar-refractivity contribution in [3.8, 4) is 67.5 Å². The second-order valence-corrected chi connectivity index (χ2v) is 14.4. The molecule has 260 valence electrons. The van der Waals surface area contributed by atoms with Crippen LogP contribution in [0.1, 0.15) is 34.6 Å². The van der Waals surface area contributed by atoms with Gasteiger partial charge in [0.1, 0.15) is 0 Å². The summed E-state index contributed by atoms with van der Waals surface area (Å²) in [4.78, 5) is 15.2. The highest BCUT2D eigenvalue weighted by Crippen LogP contribution is 2.52. The van der Waals surface area contributed by atoms with E-state index in [4.69, 9.17) is 15.0 Å². The standard InChI is InChI=1S/C52H37N3/c1-34-28-30-45-46-31-29-37(33-49(46)44-26-13-12-25-43(44)48(45)32-34)38-20-8-9-21-39(38)40-22-10-11-23-41(40)42-24-14-15-27-47(42)52-54-50(35-16-4-2-5-17-35)53-51(55-52)36-18-6-3-7-19-36/h2-30,32-33,46H,31H2,1H3. The first-order valence-corrected chi connectivity index (χ1v) is 19.0. The quantitative estimate of drug-likeness (QED) is 0.173. The van der Waals surface area contributed by atoms with E-state index >= 15 is 0 Å². The summed E-state index contributed by atoms with van der Waals surface area (Å²) in [6.07, 6.45) is 5.85. The van der Waals surface area contributed by atoms with Crippen LogP contribution in [0, 0.1) is 6.92 Å². The van der Waals surface area contributed by atoms with Crippen LogP contribution in [0.2, 0.25) is 0 Å². The summed E-state index contributed by atoms with van der Waals surface area (Å²) in [5.74, 6) is 2.28. The number of nitrogens with zero attached hydrogens (tertiary/aromatic N) is 3. The molecule has 0 amide bonds. The summed E-state index contributed by atoms with van der Waals surface area (Å²) in [6, 6.07) is 62.3. The fourth-order valence-electron chi connectivity index (χ4n) is 8.39. The van der Waals surface area contributed by atoms with Gasteiger partial charge >= 0.3 is 0 Å². The van der Waals surface area contributed by atoms with Crippen molar-refractivity contribution >= 4 is 11.1 Å². The summed E-state index contributed by atoms with van der Waals surface area (Å²) in [5, 5.41) is 0. The third-order valence-electron chi connectivity index (χ3n) is 11.0. The first-order chi connectivity index (χ1) is 27.2. The number of fused-ring (bicyclic) bond motifs is 6. The fraction of sp³-hybridized carbons (Fsp3) is 0.0577. The molecule has 2 aliphatic rings. The molecule has 8 aromatic rings. The Balaban J connectivity index is 1.10. The zero-order valence-electron chi connectivity index (χ0n) is 30.5. The zero-order valence-corrected chi connectivity index (χ0v) is 30.5. The molecule has 0 bridgehead atoms. The summed E-state index contributed by atoms with van der Waals surface area (Å²) in [7, 11) is 0. The maximum Gasteiger partial charge on any atom is 0.164 e. The van der Waals surface area contributed by atoms with Gasteiger partial charge in [-0.1, -0.05) is 194 Å². The number of hydrogen-bond donors (Lipinski definition) is 0. The Morgan fingerprint density at radius 1 is 0.400 bits per heavy atom. The van der Waals surface area contributed by atoms with E-state index < -0.39 is 0 Å². The molecule has 0 radical (unpaired) electrons. The normalized spacial score (nSPS) is 14.2. The van der Waals surface area contributed by atoms with E-state index in [1.165, 1.54) is 50.1 Å². The van der Waals surface area contributed by atoms with E-state index in [-0.39, 0.29) is 0 Å². The maximum absolute atomic E-state index is 5.12. The average molecular weight is 704 g/mol. The summed E-state index contributed by atoms with van der Waals surface area (Å²) in [6.45, 7) is 2.19. The molecule has 1 unspecified atom stereocenters. The van der Waals surface area contributed by atoms with Gasteiger partial charge in [0.15, 0.2) is 17.5 Å². The van der Waals surface area contributed by atoms with E-state index in [2.05, 4.69) is 159 Å². The lowest BCUT2D eigenvalue weighted by molar-refractivity contribution is 0.870. The molecular formula is C52H37N3. The van der Waals surface area contributed by atoms with Gasteiger partial charge in [-0.05, 0) is 74.6 Å². The fourth-order valence-corrected chi connectivity index (χ4v) is 8.39. The van der Waals surface area contributed by atoms with Gasteiger partial charge in [-0.2, -0.15) is 0 Å². The van der Waals surface area contributed by atoms with Crippen molar-refractivity contribution in [1.82, 2.24) is 15.0 Å². The average Bonchev–Trinajstić information content (AvgIpc) is 3.27. The van der Waals surface area contributed by atoms with Crippen molar-refractivity contribution in [2.75, 3.05) is 0 Å². The predicted octanol–water partition coefficient (Wildman–Crippen LogP) is 13.1. The third-order valence-corrected chi connectivity index (χ3v) is 11.0. The van der Waals surface area contributed by atoms with Crippen molar-refractivity contribution in [3.05, 3.63) is 210 Å². The molecule has 1 atom stereocenters. The Bertz CT molecular complexity index is 2740. The van der Waals surface area contributed by atoms with Crippen molar-refractivity contribution in [1.29, 1.82) is 0 Å². The molecule has 2 aliphatic carbocycles. The molecule has 3 heteroatoms. The molecule has 0 saturated carbocycles.